The van der Waals surface area contributed by atoms with E-state index < -0.39 is 0 Å². The van der Waals surface area contributed by atoms with Crippen molar-refractivity contribution in [3.8, 4) is 0 Å². The van der Waals surface area contributed by atoms with Crippen LogP contribution in [0, 0.1) is 0 Å². The third-order valence-electron chi connectivity index (χ3n) is 3.80. The fourth-order valence-electron chi connectivity index (χ4n) is 2.76. The minimum absolute atomic E-state index is 0.550. The Morgan fingerprint density at radius 3 is 3.06 bits per heavy atom. The molecule has 0 saturated carbocycles. The van der Waals surface area contributed by atoms with Crippen molar-refractivity contribution in [2.24, 2.45) is 0 Å². The smallest absolute Gasteiger partial charge is 0.0412 e. The predicted octanol–water partition coefficient (Wildman–Crippen LogP) is 3.27. The van der Waals surface area contributed by atoms with Gasteiger partial charge in [0.25, 0.3) is 0 Å². The highest BCUT2D eigenvalue weighted by atomic mass is 32.1. The molecular formula is C14H24N2S. The molecule has 2 rings (SSSR count). The van der Waals surface area contributed by atoms with E-state index in [1.54, 1.807) is 0 Å². The first kappa shape index (κ1) is 13.1. The van der Waals surface area contributed by atoms with Gasteiger partial charge in [-0.05, 0) is 43.8 Å². The minimum Gasteiger partial charge on any atom is -0.308 e. The molecule has 0 radical (unpaired) electrons. The molecule has 0 bridgehead atoms. The van der Waals surface area contributed by atoms with E-state index in [1.165, 1.54) is 37.2 Å². The zero-order valence-corrected chi connectivity index (χ0v) is 11.8. The van der Waals surface area contributed by atoms with E-state index in [0.29, 0.717) is 6.04 Å². The van der Waals surface area contributed by atoms with E-state index in [0.717, 1.165) is 12.6 Å². The summed E-state index contributed by atoms with van der Waals surface area (Å²) in [6, 6.07) is 5.71. The molecule has 96 valence electrons. The van der Waals surface area contributed by atoms with Crippen LogP contribution in [-0.2, 0) is 0 Å². The molecule has 2 nitrogen and oxygen atoms in total. The van der Waals surface area contributed by atoms with Gasteiger partial charge in [-0.3, -0.25) is 4.90 Å². The number of nitrogens with one attached hydrogen (secondary N) is 1. The Bertz CT molecular complexity index is 310. The van der Waals surface area contributed by atoms with Crippen molar-refractivity contribution in [1.82, 2.24) is 10.2 Å². The Morgan fingerprint density at radius 1 is 1.53 bits per heavy atom. The molecule has 1 aliphatic rings. The zero-order chi connectivity index (χ0) is 12.1. The second kappa shape index (κ2) is 6.53. The molecule has 1 aliphatic heterocycles. The lowest BCUT2D eigenvalue weighted by Gasteiger charge is -2.25. The molecule has 1 fully saturated rings. The summed E-state index contributed by atoms with van der Waals surface area (Å²) in [5, 5.41) is 5.92. The van der Waals surface area contributed by atoms with Crippen LogP contribution in [0.25, 0.3) is 0 Å². The molecule has 1 aromatic rings. The van der Waals surface area contributed by atoms with E-state index in [2.05, 4.69) is 41.6 Å². The molecule has 1 saturated heterocycles. The number of rotatable bonds is 6. The number of nitrogens with zero attached hydrogens (tertiary/aromatic N) is 1. The fourth-order valence-corrected chi connectivity index (χ4v) is 3.64. The average molecular weight is 252 g/mol. The average Bonchev–Trinajstić information content (AvgIpc) is 2.99. The number of thiophene rings is 1. The molecule has 2 atom stereocenters. The highest BCUT2D eigenvalue weighted by Crippen LogP contribution is 2.23. The first-order chi connectivity index (χ1) is 8.35. The number of hydrogen-bond donors (Lipinski definition) is 1. The normalized spacial score (nSPS) is 23.1. The van der Waals surface area contributed by atoms with Crippen molar-refractivity contribution >= 4 is 11.3 Å². The largest absolute Gasteiger partial charge is 0.308 e. The van der Waals surface area contributed by atoms with Crippen LogP contribution in [0.1, 0.15) is 44.0 Å². The molecule has 0 spiro atoms. The maximum atomic E-state index is 3.75. The Morgan fingerprint density at radius 2 is 2.41 bits per heavy atom. The third-order valence-corrected chi connectivity index (χ3v) is 4.79. The van der Waals surface area contributed by atoms with Gasteiger partial charge in [0.05, 0.1) is 0 Å². The van der Waals surface area contributed by atoms with Crippen molar-refractivity contribution in [1.29, 1.82) is 0 Å². The molecule has 0 aliphatic carbocycles. The van der Waals surface area contributed by atoms with Crippen LogP contribution >= 0.6 is 11.3 Å². The molecular weight excluding hydrogens is 228 g/mol. The molecule has 3 heteroatoms. The predicted molar refractivity (Wildman–Crippen MR) is 75.6 cm³/mol. The fraction of sp³-hybridized carbons (Fsp3) is 0.714. The van der Waals surface area contributed by atoms with Crippen LogP contribution in [-0.4, -0.2) is 30.6 Å². The molecule has 1 N–H and O–H groups in total. The van der Waals surface area contributed by atoms with Gasteiger partial charge in [-0.2, -0.15) is 0 Å². The summed E-state index contributed by atoms with van der Waals surface area (Å²) in [5.74, 6) is 0. The summed E-state index contributed by atoms with van der Waals surface area (Å²) in [5.41, 5.74) is 0. The Balaban J connectivity index is 1.84. The van der Waals surface area contributed by atoms with E-state index in [1.807, 2.05) is 11.3 Å². The summed E-state index contributed by atoms with van der Waals surface area (Å²) in [6.45, 7) is 8.17. The minimum atomic E-state index is 0.550. The highest BCUT2D eigenvalue weighted by molar-refractivity contribution is 7.10. The van der Waals surface area contributed by atoms with E-state index >= 15 is 0 Å². The van der Waals surface area contributed by atoms with Crippen molar-refractivity contribution < 1.29 is 0 Å². The zero-order valence-electron chi connectivity index (χ0n) is 11.0. The summed E-state index contributed by atoms with van der Waals surface area (Å²) < 4.78 is 0. The molecule has 2 unspecified atom stereocenters. The van der Waals surface area contributed by atoms with Crippen LogP contribution in [0.15, 0.2) is 17.5 Å². The molecule has 0 aromatic carbocycles. The third kappa shape index (κ3) is 3.30. The standard InChI is InChI=1S/C14H24N2S/c1-3-13(14-8-6-10-17-14)15-11-12-7-5-9-16(12)4-2/h6,8,10,12-13,15H,3-5,7,9,11H2,1-2H3. The summed E-state index contributed by atoms with van der Waals surface area (Å²) in [6.07, 6.45) is 3.91. The lowest BCUT2D eigenvalue weighted by Crippen LogP contribution is -2.38. The topological polar surface area (TPSA) is 15.3 Å². The van der Waals surface area contributed by atoms with Gasteiger partial charge < -0.3 is 5.32 Å². The lowest BCUT2D eigenvalue weighted by atomic mass is 10.1. The first-order valence-corrected chi connectivity index (χ1v) is 7.74. The van der Waals surface area contributed by atoms with Crippen LogP contribution in [0.5, 0.6) is 0 Å². The molecule has 0 amide bonds. The van der Waals surface area contributed by atoms with Crippen molar-refractivity contribution in [2.75, 3.05) is 19.6 Å². The van der Waals surface area contributed by atoms with Crippen molar-refractivity contribution in [3.05, 3.63) is 22.4 Å². The summed E-state index contributed by atoms with van der Waals surface area (Å²) >= 11 is 1.87. The van der Waals surface area contributed by atoms with Gasteiger partial charge in [-0.15, -0.1) is 11.3 Å². The highest BCUT2D eigenvalue weighted by Gasteiger charge is 2.23. The van der Waals surface area contributed by atoms with E-state index in [-0.39, 0.29) is 0 Å². The summed E-state index contributed by atoms with van der Waals surface area (Å²) in [7, 11) is 0. The SMILES string of the molecule is CCC(NCC1CCCN1CC)c1cccs1. The summed E-state index contributed by atoms with van der Waals surface area (Å²) in [4.78, 5) is 4.09. The lowest BCUT2D eigenvalue weighted by molar-refractivity contribution is 0.253. The Kier molecular flexibility index (Phi) is 5.01. The van der Waals surface area contributed by atoms with Crippen molar-refractivity contribution in [2.45, 2.75) is 45.2 Å². The van der Waals surface area contributed by atoms with Crippen molar-refractivity contribution in [3.63, 3.8) is 0 Å². The Hall–Kier alpha value is -0.380. The van der Waals surface area contributed by atoms with Gasteiger partial charge in [0.1, 0.15) is 0 Å². The number of likely N-dealkylation sites (N-methyl/N-ethyl adjacent to an activating group) is 1. The molecule has 17 heavy (non-hydrogen) atoms. The molecule has 2 heterocycles. The van der Waals surface area contributed by atoms with Crippen LogP contribution in [0.4, 0.5) is 0 Å². The second-order valence-electron chi connectivity index (χ2n) is 4.81. The van der Waals surface area contributed by atoms with Gasteiger partial charge >= 0.3 is 0 Å². The molecule has 1 aromatic heterocycles. The quantitative estimate of drug-likeness (QED) is 0.836. The van der Waals surface area contributed by atoms with Gasteiger partial charge in [0, 0.05) is 23.5 Å². The maximum Gasteiger partial charge on any atom is 0.0412 e. The van der Waals surface area contributed by atoms with Crippen LogP contribution < -0.4 is 5.32 Å². The van der Waals surface area contributed by atoms with E-state index in [9.17, 15) is 0 Å². The van der Waals surface area contributed by atoms with Gasteiger partial charge in [0.15, 0.2) is 0 Å². The number of likely N-dealkylation sites (tertiary alicyclic amines) is 1. The van der Waals surface area contributed by atoms with E-state index in [4.69, 9.17) is 0 Å². The second-order valence-corrected chi connectivity index (χ2v) is 5.79. The maximum absolute atomic E-state index is 3.75. The monoisotopic (exact) mass is 252 g/mol. The number of hydrogen-bond acceptors (Lipinski definition) is 3. The van der Waals surface area contributed by atoms with Gasteiger partial charge in [-0.25, -0.2) is 0 Å². The van der Waals surface area contributed by atoms with Crippen LogP contribution in [0.3, 0.4) is 0 Å². The van der Waals surface area contributed by atoms with Gasteiger partial charge in [-0.1, -0.05) is 19.9 Å². The van der Waals surface area contributed by atoms with Crippen LogP contribution in [0.2, 0.25) is 0 Å². The first-order valence-electron chi connectivity index (χ1n) is 6.86. The Labute approximate surface area is 109 Å². The van der Waals surface area contributed by atoms with Gasteiger partial charge in [0.2, 0.25) is 0 Å².